The molecule has 1 saturated heterocycles. The second-order valence-corrected chi connectivity index (χ2v) is 9.59. The molecule has 0 bridgehead atoms. The Morgan fingerprint density at radius 1 is 1.03 bits per heavy atom. The largest absolute Gasteiger partial charge is 0.507 e. The van der Waals surface area contributed by atoms with Crippen LogP contribution < -0.4 is 9.64 Å². The van der Waals surface area contributed by atoms with Crippen molar-refractivity contribution in [3.8, 4) is 5.75 Å². The number of halogens is 1. The minimum Gasteiger partial charge on any atom is -0.507 e. The summed E-state index contributed by atoms with van der Waals surface area (Å²) in [6.07, 6.45) is 0. The molecule has 0 spiro atoms. The molecule has 1 aliphatic rings. The number of nitrogens with zero attached hydrogens (tertiary/aromatic N) is 1. The highest BCUT2D eigenvalue weighted by atomic mass is 35.5. The van der Waals surface area contributed by atoms with Gasteiger partial charge in [0.15, 0.2) is 0 Å². The van der Waals surface area contributed by atoms with Gasteiger partial charge in [-0.05, 0) is 85.7 Å². The van der Waals surface area contributed by atoms with Gasteiger partial charge in [-0.1, -0.05) is 17.7 Å². The van der Waals surface area contributed by atoms with Crippen molar-refractivity contribution < 1.29 is 19.4 Å². The number of anilines is 1. The molecule has 4 rings (SSSR count). The Balaban J connectivity index is 2.02. The van der Waals surface area contributed by atoms with Gasteiger partial charge in [0.05, 0.1) is 23.3 Å². The van der Waals surface area contributed by atoms with Gasteiger partial charge in [0.2, 0.25) is 0 Å². The summed E-state index contributed by atoms with van der Waals surface area (Å²) in [5, 5.41) is 13.7. The molecule has 170 valence electrons. The summed E-state index contributed by atoms with van der Waals surface area (Å²) in [7, 11) is 1.45. The van der Waals surface area contributed by atoms with Crippen molar-refractivity contribution in [1.29, 1.82) is 0 Å². The van der Waals surface area contributed by atoms with Crippen LogP contribution in [0.1, 0.15) is 38.7 Å². The van der Waals surface area contributed by atoms with E-state index in [2.05, 4.69) is 0 Å². The van der Waals surface area contributed by atoms with Gasteiger partial charge in [0.1, 0.15) is 17.6 Å². The van der Waals surface area contributed by atoms with E-state index in [9.17, 15) is 14.7 Å². The van der Waals surface area contributed by atoms with Gasteiger partial charge in [-0.3, -0.25) is 14.5 Å². The van der Waals surface area contributed by atoms with E-state index in [1.165, 1.54) is 23.3 Å². The lowest BCUT2D eigenvalue weighted by molar-refractivity contribution is -0.132. The molecule has 1 aromatic heterocycles. The normalized spacial score (nSPS) is 17.6. The number of hydrogen-bond donors (Lipinski definition) is 1. The third-order valence-electron chi connectivity index (χ3n) is 6.01. The molecule has 33 heavy (non-hydrogen) atoms. The van der Waals surface area contributed by atoms with Crippen LogP contribution in [0.15, 0.2) is 47.4 Å². The van der Waals surface area contributed by atoms with Crippen LogP contribution in [-0.2, 0) is 9.59 Å². The van der Waals surface area contributed by atoms with Crippen LogP contribution >= 0.6 is 22.9 Å². The number of methoxy groups -OCH3 is 1. The van der Waals surface area contributed by atoms with Crippen molar-refractivity contribution in [3.05, 3.63) is 85.1 Å². The molecule has 1 aliphatic heterocycles. The predicted octanol–water partition coefficient (Wildman–Crippen LogP) is 6.27. The first kappa shape index (κ1) is 23.1. The zero-order valence-corrected chi connectivity index (χ0v) is 20.6. The number of Topliss-reactive ketones (excluding diaryl/α,β-unsaturated/α-hetero) is 1. The van der Waals surface area contributed by atoms with Crippen LogP contribution in [0.2, 0.25) is 5.02 Å². The molecule has 7 heteroatoms. The molecule has 0 saturated carbocycles. The molecule has 1 N–H and O–H groups in total. The Morgan fingerprint density at radius 3 is 2.36 bits per heavy atom. The minimum absolute atomic E-state index is 0.0174. The lowest BCUT2D eigenvalue weighted by Crippen LogP contribution is -2.29. The van der Waals surface area contributed by atoms with Crippen LogP contribution in [0.5, 0.6) is 5.75 Å². The van der Waals surface area contributed by atoms with Crippen LogP contribution in [0.4, 0.5) is 5.69 Å². The molecule has 3 aromatic rings. The standard InChI is InChI=1S/C26H24ClNO4S/c1-13-10-18(24(32-5)19(27)11-13)22(29)20-21(25-15(3)8-9-33-25)28(26(31)23(20)30)17-7-6-14(2)16(4)12-17/h6-12,21,29H,1-5H3/b22-20+. The first-order chi connectivity index (χ1) is 15.6. The summed E-state index contributed by atoms with van der Waals surface area (Å²) in [6.45, 7) is 7.70. The van der Waals surface area contributed by atoms with Crippen LogP contribution in [0.3, 0.4) is 0 Å². The topological polar surface area (TPSA) is 66.8 Å². The SMILES string of the molecule is COc1c(Cl)cc(C)cc1/C(O)=C1\C(=O)C(=O)N(c2ccc(C)c(C)c2)C1c1sccc1C. The smallest absolute Gasteiger partial charge is 0.300 e. The van der Waals surface area contributed by atoms with Crippen LogP contribution in [-0.4, -0.2) is 23.9 Å². The molecular formula is C26H24ClNO4S. The second kappa shape index (κ2) is 8.69. The van der Waals surface area contributed by atoms with Crippen LogP contribution in [0.25, 0.3) is 5.76 Å². The number of aliphatic hydroxyl groups excluding tert-OH is 1. The van der Waals surface area contributed by atoms with Gasteiger partial charge in [0.25, 0.3) is 11.7 Å². The third-order valence-corrected chi connectivity index (χ3v) is 7.36. The van der Waals surface area contributed by atoms with Crippen molar-refractivity contribution in [1.82, 2.24) is 0 Å². The second-order valence-electron chi connectivity index (χ2n) is 8.23. The zero-order valence-electron chi connectivity index (χ0n) is 19.0. The van der Waals surface area contributed by atoms with E-state index in [0.717, 1.165) is 27.1 Å². The maximum atomic E-state index is 13.4. The fourth-order valence-electron chi connectivity index (χ4n) is 4.14. The summed E-state index contributed by atoms with van der Waals surface area (Å²) in [5.74, 6) is -1.49. The van der Waals surface area contributed by atoms with Crippen molar-refractivity contribution >= 4 is 46.1 Å². The molecule has 2 heterocycles. The lowest BCUT2D eigenvalue weighted by atomic mass is 9.97. The van der Waals surface area contributed by atoms with E-state index >= 15 is 0 Å². The molecule has 5 nitrogen and oxygen atoms in total. The Bertz CT molecular complexity index is 1320. The molecule has 0 aliphatic carbocycles. The highest BCUT2D eigenvalue weighted by Crippen LogP contribution is 2.46. The average Bonchev–Trinajstić information content (AvgIpc) is 3.29. The van der Waals surface area contributed by atoms with Gasteiger partial charge in [-0.25, -0.2) is 0 Å². The first-order valence-corrected chi connectivity index (χ1v) is 11.7. The number of aryl methyl sites for hydroxylation is 4. The number of thiophene rings is 1. The van der Waals surface area contributed by atoms with Crippen molar-refractivity contribution in [3.63, 3.8) is 0 Å². The molecule has 1 unspecified atom stereocenters. The summed E-state index contributed by atoms with van der Waals surface area (Å²) in [6, 6.07) is 10.2. The highest BCUT2D eigenvalue weighted by Gasteiger charge is 2.48. The monoisotopic (exact) mass is 481 g/mol. The molecule has 2 aromatic carbocycles. The van der Waals surface area contributed by atoms with Crippen LogP contribution in [0, 0.1) is 27.7 Å². The van der Waals surface area contributed by atoms with E-state index in [1.54, 1.807) is 12.1 Å². The average molecular weight is 482 g/mol. The number of ether oxygens (including phenoxy) is 1. The maximum absolute atomic E-state index is 13.4. The Hall–Kier alpha value is -3.09. The maximum Gasteiger partial charge on any atom is 0.300 e. The van der Waals surface area contributed by atoms with E-state index in [0.29, 0.717) is 10.7 Å². The van der Waals surface area contributed by atoms with Gasteiger partial charge >= 0.3 is 0 Å². The van der Waals surface area contributed by atoms with Crippen molar-refractivity contribution in [2.24, 2.45) is 0 Å². The highest BCUT2D eigenvalue weighted by molar-refractivity contribution is 7.10. The van der Waals surface area contributed by atoms with Gasteiger partial charge < -0.3 is 9.84 Å². The Morgan fingerprint density at radius 2 is 1.76 bits per heavy atom. The minimum atomic E-state index is -0.768. The number of hydrogen-bond acceptors (Lipinski definition) is 5. The van der Waals surface area contributed by atoms with E-state index < -0.39 is 17.7 Å². The first-order valence-electron chi connectivity index (χ1n) is 10.4. The molecular weight excluding hydrogens is 458 g/mol. The number of amides is 1. The summed E-state index contributed by atoms with van der Waals surface area (Å²) < 4.78 is 5.43. The predicted molar refractivity (Wildman–Crippen MR) is 132 cm³/mol. The Labute approximate surface area is 201 Å². The Kier molecular flexibility index (Phi) is 6.08. The van der Waals surface area contributed by atoms with E-state index in [4.69, 9.17) is 16.3 Å². The summed E-state index contributed by atoms with van der Waals surface area (Å²) in [4.78, 5) is 29.0. The summed E-state index contributed by atoms with van der Waals surface area (Å²) >= 11 is 7.79. The number of ketones is 1. The molecule has 1 fully saturated rings. The lowest BCUT2D eigenvalue weighted by Gasteiger charge is -2.25. The molecule has 0 radical (unpaired) electrons. The van der Waals surface area contributed by atoms with Gasteiger partial charge in [0, 0.05) is 10.6 Å². The van der Waals surface area contributed by atoms with Gasteiger partial charge in [-0.2, -0.15) is 0 Å². The quantitative estimate of drug-likeness (QED) is 0.271. The number of benzene rings is 2. The zero-order chi connectivity index (χ0) is 24.0. The number of carbonyl (C=O) groups is 2. The van der Waals surface area contributed by atoms with Crippen molar-refractivity contribution in [2.75, 3.05) is 12.0 Å². The van der Waals surface area contributed by atoms with E-state index in [-0.39, 0.29) is 22.6 Å². The third kappa shape index (κ3) is 3.83. The summed E-state index contributed by atoms with van der Waals surface area (Å²) in [5.41, 5.74) is 4.70. The van der Waals surface area contributed by atoms with Gasteiger partial charge in [-0.15, -0.1) is 11.3 Å². The van der Waals surface area contributed by atoms with E-state index in [1.807, 2.05) is 57.3 Å². The number of aliphatic hydroxyl groups is 1. The number of rotatable bonds is 4. The fraction of sp³-hybridized carbons (Fsp3) is 0.231. The molecule has 1 atom stereocenters. The molecule has 1 amide bonds. The number of carbonyl (C=O) groups excluding carboxylic acids is 2. The fourth-order valence-corrected chi connectivity index (χ4v) is 5.52. The van der Waals surface area contributed by atoms with Crippen molar-refractivity contribution in [2.45, 2.75) is 33.7 Å².